The summed E-state index contributed by atoms with van der Waals surface area (Å²) in [6, 6.07) is 18.7. The number of nitrogens with zero attached hydrogens (tertiary/aromatic N) is 3. The standard InChI is InChI=1S/C26H18FN5O/c1-33-19-11-17(10-18(27)13-19)20-6-9-29-26-21(20)14-24(30-26)25-22-12-16(2-3-23(22)31-32-25)15-4-7-28-8-5-15/h2-14H,1H3,(H,29,30)(H,31,32). The Morgan fingerprint density at radius 1 is 0.818 bits per heavy atom. The Morgan fingerprint density at radius 2 is 1.70 bits per heavy atom. The molecule has 33 heavy (non-hydrogen) atoms. The summed E-state index contributed by atoms with van der Waals surface area (Å²) in [5, 5.41) is 9.54. The van der Waals surface area contributed by atoms with Gasteiger partial charge in [0.05, 0.1) is 18.3 Å². The van der Waals surface area contributed by atoms with E-state index in [0.29, 0.717) is 11.4 Å². The molecule has 6 nitrogen and oxygen atoms in total. The summed E-state index contributed by atoms with van der Waals surface area (Å²) in [7, 11) is 1.53. The summed E-state index contributed by atoms with van der Waals surface area (Å²) in [5.41, 5.74) is 6.99. The van der Waals surface area contributed by atoms with Crippen LogP contribution in [0.4, 0.5) is 4.39 Å². The van der Waals surface area contributed by atoms with Crippen LogP contribution in [0, 0.1) is 5.82 Å². The topological polar surface area (TPSA) is 79.5 Å². The van der Waals surface area contributed by atoms with Gasteiger partial charge in [0.1, 0.15) is 22.9 Å². The highest BCUT2D eigenvalue weighted by Gasteiger charge is 2.15. The molecule has 2 N–H and O–H groups in total. The molecule has 0 aliphatic heterocycles. The van der Waals surface area contributed by atoms with Crippen LogP contribution in [0.15, 0.2) is 79.3 Å². The Bertz CT molecular complexity index is 1620. The predicted molar refractivity (Wildman–Crippen MR) is 126 cm³/mol. The van der Waals surface area contributed by atoms with Gasteiger partial charge in [-0.25, -0.2) is 9.37 Å². The molecule has 0 fully saturated rings. The number of ether oxygens (including phenoxy) is 1. The van der Waals surface area contributed by atoms with Gasteiger partial charge >= 0.3 is 0 Å². The number of halogens is 1. The molecule has 0 radical (unpaired) electrons. The minimum absolute atomic E-state index is 0.355. The van der Waals surface area contributed by atoms with E-state index >= 15 is 0 Å². The number of methoxy groups -OCH3 is 1. The minimum Gasteiger partial charge on any atom is -0.497 e. The van der Waals surface area contributed by atoms with Crippen molar-refractivity contribution in [3.05, 3.63) is 85.1 Å². The normalized spacial score (nSPS) is 11.3. The molecular formula is C26H18FN5O. The summed E-state index contributed by atoms with van der Waals surface area (Å²) in [5.74, 6) is 0.111. The number of rotatable bonds is 4. The number of fused-ring (bicyclic) bond motifs is 2. The van der Waals surface area contributed by atoms with E-state index in [1.807, 2.05) is 36.4 Å². The third kappa shape index (κ3) is 3.30. The van der Waals surface area contributed by atoms with Crippen molar-refractivity contribution in [1.29, 1.82) is 0 Å². The lowest BCUT2D eigenvalue weighted by molar-refractivity contribution is 0.411. The van der Waals surface area contributed by atoms with Gasteiger partial charge in [-0.2, -0.15) is 5.10 Å². The SMILES string of the molecule is COc1cc(F)cc(-c2ccnc3[nH]c(-c4n[nH]c5ccc(-c6ccncc6)cc45)cc23)c1. The number of benzene rings is 2. The zero-order chi connectivity index (χ0) is 22.4. The summed E-state index contributed by atoms with van der Waals surface area (Å²) in [4.78, 5) is 12.0. The average Bonchev–Trinajstić information content (AvgIpc) is 3.47. The molecule has 6 aromatic rings. The van der Waals surface area contributed by atoms with Gasteiger partial charge in [0.15, 0.2) is 0 Å². The van der Waals surface area contributed by atoms with E-state index in [1.165, 1.54) is 19.2 Å². The van der Waals surface area contributed by atoms with Gasteiger partial charge in [0.2, 0.25) is 0 Å². The van der Waals surface area contributed by atoms with Crippen LogP contribution in [-0.2, 0) is 0 Å². The molecule has 0 aliphatic rings. The molecule has 0 saturated carbocycles. The Labute approximate surface area is 188 Å². The fraction of sp³-hybridized carbons (Fsp3) is 0.0385. The third-order valence-corrected chi connectivity index (χ3v) is 5.78. The van der Waals surface area contributed by atoms with Crippen molar-refractivity contribution >= 4 is 21.9 Å². The maximum absolute atomic E-state index is 14.2. The fourth-order valence-electron chi connectivity index (χ4n) is 4.19. The van der Waals surface area contributed by atoms with Crippen molar-refractivity contribution in [2.75, 3.05) is 7.11 Å². The van der Waals surface area contributed by atoms with E-state index in [2.05, 4.69) is 37.3 Å². The molecule has 0 bridgehead atoms. The van der Waals surface area contributed by atoms with Crippen molar-refractivity contribution in [2.45, 2.75) is 0 Å². The second-order valence-corrected chi connectivity index (χ2v) is 7.75. The van der Waals surface area contributed by atoms with Crippen LogP contribution < -0.4 is 4.74 Å². The lowest BCUT2D eigenvalue weighted by atomic mass is 10.0. The third-order valence-electron chi connectivity index (χ3n) is 5.78. The number of nitrogens with one attached hydrogen (secondary N) is 2. The first-order valence-corrected chi connectivity index (χ1v) is 10.4. The maximum atomic E-state index is 14.2. The van der Waals surface area contributed by atoms with Crippen molar-refractivity contribution in [1.82, 2.24) is 25.1 Å². The first-order valence-electron chi connectivity index (χ1n) is 10.4. The van der Waals surface area contributed by atoms with Crippen molar-refractivity contribution < 1.29 is 9.13 Å². The first kappa shape index (κ1) is 19.2. The van der Waals surface area contributed by atoms with Crippen LogP contribution in [0.5, 0.6) is 5.75 Å². The molecule has 0 amide bonds. The summed E-state index contributed by atoms with van der Waals surface area (Å²) in [6.07, 6.45) is 5.27. The number of hydrogen-bond donors (Lipinski definition) is 2. The molecule has 160 valence electrons. The molecule has 0 saturated heterocycles. The van der Waals surface area contributed by atoms with Crippen LogP contribution in [0.3, 0.4) is 0 Å². The highest BCUT2D eigenvalue weighted by molar-refractivity contribution is 6.00. The zero-order valence-corrected chi connectivity index (χ0v) is 17.6. The molecule has 0 aliphatic carbocycles. The lowest BCUT2D eigenvalue weighted by Gasteiger charge is -2.06. The van der Waals surface area contributed by atoms with Crippen molar-refractivity contribution in [3.63, 3.8) is 0 Å². The number of H-pyrrole nitrogens is 2. The quantitative estimate of drug-likeness (QED) is 0.357. The summed E-state index contributed by atoms with van der Waals surface area (Å²) >= 11 is 0. The number of aromatic nitrogens is 5. The molecule has 0 unspecified atom stereocenters. The number of hydrogen-bond acceptors (Lipinski definition) is 4. The largest absolute Gasteiger partial charge is 0.497 e. The monoisotopic (exact) mass is 435 g/mol. The van der Waals surface area contributed by atoms with Gasteiger partial charge in [-0.1, -0.05) is 6.07 Å². The van der Waals surface area contributed by atoms with Gasteiger partial charge in [-0.05, 0) is 70.8 Å². The molecular weight excluding hydrogens is 417 g/mol. The van der Waals surface area contributed by atoms with Crippen LogP contribution in [0.25, 0.3) is 55.6 Å². The van der Waals surface area contributed by atoms with E-state index in [-0.39, 0.29) is 5.82 Å². The van der Waals surface area contributed by atoms with Crippen LogP contribution in [-0.4, -0.2) is 32.3 Å². The summed E-state index contributed by atoms with van der Waals surface area (Å²) in [6.45, 7) is 0. The van der Waals surface area contributed by atoms with E-state index in [9.17, 15) is 4.39 Å². The highest BCUT2D eigenvalue weighted by Crippen LogP contribution is 2.35. The Morgan fingerprint density at radius 3 is 2.55 bits per heavy atom. The van der Waals surface area contributed by atoms with Crippen molar-refractivity contribution in [3.8, 4) is 39.4 Å². The van der Waals surface area contributed by atoms with Gasteiger partial charge in [0, 0.05) is 35.4 Å². The van der Waals surface area contributed by atoms with E-state index in [1.54, 1.807) is 18.6 Å². The predicted octanol–water partition coefficient (Wildman–Crippen LogP) is 5.98. The molecule has 4 heterocycles. The fourth-order valence-corrected chi connectivity index (χ4v) is 4.19. The van der Waals surface area contributed by atoms with E-state index in [0.717, 1.165) is 49.9 Å². The molecule has 2 aromatic carbocycles. The minimum atomic E-state index is -0.355. The first-order chi connectivity index (χ1) is 16.2. The molecule has 7 heteroatoms. The second kappa shape index (κ2) is 7.56. The van der Waals surface area contributed by atoms with Crippen LogP contribution in [0.1, 0.15) is 0 Å². The zero-order valence-electron chi connectivity index (χ0n) is 17.6. The Hall–Kier alpha value is -4.52. The average molecular weight is 435 g/mol. The second-order valence-electron chi connectivity index (χ2n) is 7.75. The Balaban J connectivity index is 1.50. The van der Waals surface area contributed by atoms with Gasteiger partial charge < -0.3 is 9.72 Å². The maximum Gasteiger partial charge on any atom is 0.138 e. The number of pyridine rings is 2. The van der Waals surface area contributed by atoms with E-state index < -0.39 is 0 Å². The highest BCUT2D eigenvalue weighted by atomic mass is 19.1. The van der Waals surface area contributed by atoms with Gasteiger partial charge in [-0.15, -0.1) is 0 Å². The Kier molecular flexibility index (Phi) is 4.40. The van der Waals surface area contributed by atoms with E-state index in [4.69, 9.17) is 4.74 Å². The lowest BCUT2D eigenvalue weighted by Crippen LogP contribution is -1.88. The summed E-state index contributed by atoms with van der Waals surface area (Å²) < 4.78 is 19.4. The van der Waals surface area contributed by atoms with Crippen LogP contribution >= 0.6 is 0 Å². The van der Waals surface area contributed by atoms with Crippen molar-refractivity contribution in [2.24, 2.45) is 0 Å². The molecule has 0 spiro atoms. The number of aromatic amines is 2. The smallest absolute Gasteiger partial charge is 0.138 e. The molecule has 4 aromatic heterocycles. The van der Waals surface area contributed by atoms with Crippen LogP contribution in [0.2, 0.25) is 0 Å². The molecule has 0 atom stereocenters. The molecule has 6 rings (SSSR count). The van der Waals surface area contributed by atoms with Gasteiger partial charge in [-0.3, -0.25) is 10.1 Å². The van der Waals surface area contributed by atoms with Gasteiger partial charge in [0.25, 0.3) is 0 Å².